The highest BCUT2D eigenvalue weighted by molar-refractivity contribution is 5.86. The Kier molecular flexibility index (Phi) is 2.92. The van der Waals surface area contributed by atoms with Gasteiger partial charge in [-0.3, -0.25) is 0 Å². The van der Waals surface area contributed by atoms with E-state index in [2.05, 4.69) is 10.5 Å². The Bertz CT molecular complexity index is 173. The fraction of sp³-hybridized carbons (Fsp3) is 0.875. The van der Waals surface area contributed by atoms with Crippen molar-refractivity contribution in [2.75, 3.05) is 13.6 Å². The second-order valence-corrected chi connectivity index (χ2v) is 3.50. The summed E-state index contributed by atoms with van der Waals surface area (Å²) < 4.78 is 0. The van der Waals surface area contributed by atoms with E-state index in [1.165, 1.54) is 12.8 Å². The van der Waals surface area contributed by atoms with Gasteiger partial charge in [0.1, 0.15) is 5.84 Å². The maximum absolute atomic E-state index is 8.62. The molecule has 1 rings (SSSR count). The summed E-state index contributed by atoms with van der Waals surface area (Å²) in [5.74, 6) is 0.384. The Hall–Kier alpha value is -0.770. The molecule has 0 aromatic rings. The Labute approximate surface area is 72.8 Å². The lowest BCUT2D eigenvalue weighted by Crippen LogP contribution is -2.42. The minimum atomic E-state index is -0.0799. The fourth-order valence-corrected chi connectivity index (χ4v) is 2.02. The largest absolute Gasteiger partial charge is 0.409 e. The maximum atomic E-state index is 8.62. The van der Waals surface area contributed by atoms with Gasteiger partial charge in [-0.1, -0.05) is 18.0 Å². The molecule has 4 heteroatoms. The highest BCUT2D eigenvalue weighted by atomic mass is 16.4. The molecule has 0 bridgehead atoms. The van der Waals surface area contributed by atoms with Gasteiger partial charge in [-0.25, -0.2) is 0 Å². The van der Waals surface area contributed by atoms with Crippen molar-refractivity contribution in [3.05, 3.63) is 0 Å². The van der Waals surface area contributed by atoms with E-state index in [4.69, 9.17) is 10.9 Å². The number of hydrogen-bond acceptors (Lipinski definition) is 3. The molecule has 0 atom stereocenters. The van der Waals surface area contributed by atoms with Crippen LogP contribution in [0, 0.1) is 5.41 Å². The number of nitrogens with zero attached hydrogens (tertiary/aromatic N) is 1. The van der Waals surface area contributed by atoms with Crippen LogP contribution in [-0.4, -0.2) is 24.6 Å². The standard InChI is InChI=1S/C8H17N3O/c1-10-6-8(7(9)11-12)4-2-3-5-8/h10,12H,2-6H2,1H3,(H2,9,11). The fourth-order valence-electron chi connectivity index (χ4n) is 2.02. The number of rotatable bonds is 3. The minimum absolute atomic E-state index is 0.0799. The van der Waals surface area contributed by atoms with Gasteiger partial charge in [-0.15, -0.1) is 0 Å². The first-order valence-corrected chi connectivity index (χ1v) is 4.38. The molecule has 0 amide bonds. The highest BCUT2D eigenvalue weighted by Crippen LogP contribution is 2.37. The number of nitrogens with two attached hydrogens (primary N) is 1. The summed E-state index contributed by atoms with van der Waals surface area (Å²) in [6.07, 6.45) is 4.42. The molecule has 0 heterocycles. The second kappa shape index (κ2) is 3.76. The molecule has 0 saturated heterocycles. The van der Waals surface area contributed by atoms with Crippen molar-refractivity contribution in [3.8, 4) is 0 Å². The van der Waals surface area contributed by atoms with E-state index in [1.807, 2.05) is 7.05 Å². The number of hydrogen-bond donors (Lipinski definition) is 3. The van der Waals surface area contributed by atoms with E-state index in [1.54, 1.807) is 0 Å². The molecule has 0 unspecified atom stereocenters. The average molecular weight is 171 g/mol. The van der Waals surface area contributed by atoms with E-state index in [9.17, 15) is 0 Å². The molecule has 0 aromatic heterocycles. The van der Waals surface area contributed by atoms with Crippen molar-refractivity contribution < 1.29 is 5.21 Å². The smallest absolute Gasteiger partial charge is 0.146 e. The van der Waals surface area contributed by atoms with E-state index >= 15 is 0 Å². The van der Waals surface area contributed by atoms with Gasteiger partial charge in [-0.05, 0) is 19.9 Å². The van der Waals surface area contributed by atoms with Crippen molar-refractivity contribution in [2.45, 2.75) is 25.7 Å². The first kappa shape index (κ1) is 9.32. The van der Waals surface area contributed by atoms with Crippen LogP contribution in [0.1, 0.15) is 25.7 Å². The van der Waals surface area contributed by atoms with Crippen molar-refractivity contribution in [3.63, 3.8) is 0 Å². The van der Waals surface area contributed by atoms with E-state index in [0.717, 1.165) is 19.4 Å². The van der Waals surface area contributed by atoms with Gasteiger partial charge in [0.2, 0.25) is 0 Å². The van der Waals surface area contributed by atoms with Gasteiger partial charge < -0.3 is 16.3 Å². The lowest BCUT2D eigenvalue weighted by Gasteiger charge is -2.26. The summed E-state index contributed by atoms with van der Waals surface area (Å²) in [5.41, 5.74) is 5.58. The summed E-state index contributed by atoms with van der Waals surface area (Å²) in [6, 6.07) is 0. The van der Waals surface area contributed by atoms with Crippen LogP contribution in [0.15, 0.2) is 5.16 Å². The lowest BCUT2D eigenvalue weighted by atomic mass is 9.85. The molecule has 1 aliphatic carbocycles. The molecule has 0 radical (unpaired) electrons. The molecule has 1 aliphatic rings. The third-order valence-corrected chi connectivity index (χ3v) is 2.73. The average Bonchev–Trinajstić information content (AvgIpc) is 2.53. The second-order valence-electron chi connectivity index (χ2n) is 3.50. The first-order valence-electron chi connectivity index (χ1n) is 4.38. The van der Waals surface area contributed by atoms with E-state index < -0.39 is 0 Å². The van der Waals surface area contributed by atoms with E-state index in [-0.39, 0.29) is 5.41 Å². The van der Waals surface area contributed by atoms with Crippen LogP contribution >= 0.6 is 0 Å². The number of amidine groups is 1. The van der Waals surface area contributed by atoms with Gasteiger partial charge >= 0.3 is 0 Å². The normalized spacial score (nSPS) is 22.9. The number of oxime groups is 1. The summed E-state index contributed by atoms with van der Waals surface area (Å²) in [6.45, 7) is 0.808. The molecule has 1 fully saturated rings. The number of nitrogens with one attached hydrogen (secondary N) is 1. The molecular formula is C8H17N3O. The van der Waals surface area contributed by atoms with Crippen LogP contribution in [0.25, 0.3) is 0 Å². The minimum Gasteiger partial charge on any atom is -0.409 e. The molecular weight excluding hydrogens is 154 g/mol. The molecule has 12 heavy (non-hydrogen) atoms. The Morgan fingerprint density at radius 1 is 1.58 bits per heavy atom. The topological polar surface area (TPSA) is 70.6 Å². The summed E-state index contributed by atoms with van der Waals surface area (Å²) in [5, 5.41) is 14.8. The Morgan fingerprint density at radius 3 is 2.58 bits per heavy atom. The molecule has 0 aliphatic heterocycles. The van der Waals surface area contributed by atoms with Gasteiger partial charge in [0.15, 0.2) is 0 Å². The van der Waals surface area contributed by atoms with Crippen LogP contribution in [0.5, 0.6) is 0 Å². The van der Waals surface area contributed by atoms with Crippen molar-refractivity contribution in [1.29, 1.82) is 0 Å². The SMILES string of the molecule is CNCC1(/C(N)=N/O)CCCC1. The predicted octanol–water partition coefficient (Wildman–Crippen LogP) is 0.513. The zero-order valence-electron chi connectivity index (χ0n) is 7.51. The van der Waals surface area contributed by atoms with Crippen molar-refractivity contribution >= 4 is 5.84 Å². The highest BCUT2D eigenvalue weighted by Gasteiger charge is 2.37. The summed E-state index contributed by atoms with van der Waals surface area (Å²) >= 11 is 0. The van der Waals surface area contributed by atoms with Crippen molar-refractivity contribution in [2.24, 2.45) is 16.3 Å². The van der Waals surface area contributed by atoms with Crippen molar-refractivity contribution in [1.82, 2.24) is 5.32 Å². The quantitative estimate of drug-likeness (QED) is 0.251. The lowest BCUT2D eigenvalue weighted by molar-refractivity contribution is 0.300. The maximum Gasteiger partial charge on any atom is 0.146 e. The molecule has 0 spiro atoms. The Morgan fingerprint density at radius 2 is 2.17 bits per heavy atom. The predicted molar refractivity (Wildman–Crippen MR) is 48.2 cm³/mol. The molecule has 4 N–H and O–H groups in total. The molecule has 70 valence electrons. The van der Waals surface area contributed by atoms with Gasteiger partial charge in [0.25, 0.3) is 0 Å². The van der Waals surface area contributed by atoms with Crippen LogP contribution in [0.4, 0.5) is 0 Å². The molecule has 0 aromatic carbocycles. The zero-order chi connectivity index (χ0) is 9.03. The van der Waals surface area contributed by atoms with Crippen LogP contribution in [0.2, 0.25) is 0 Å². The monoisotopic (exact) mass is 171 g/mol. The van der Waals surface area contributed by atoms with Crippen LogP contribution < -0.4 is 11.1 Å². The zero-order valence-corrected chi connectivity index (χ0v) is 7.51. The summed E-state index contributed by atoms with van der Waals surface area (Å²) in [4.78, 5) is 0. The third kappa shape index (κ3) is 1.53. The summed E-state index contributed by atoms with van der Waals surface area (Å²) in [7, 11) is 1.89. The first-order chi connectivity index (χ1) is 5.75. The van der Waals surface area contributed by atoms with Crippen LogP contribution in [0.3, 0.4) is 0 Å². The molecule has 1 saturated carbocycles. The van der Waals surface area contributed by atoms with Gasteiger partial charge in [0, 0.05) is 12.0 Å². The molecule has 4 nitrogen and oxygen atoms in total. The van der Waals surface area contributed by atoms with E-state index in [0.29, 0.717) is 5.84 Å². The van der Waals surface area contributed by atoms with Gasteiger partial charge in [0.05, 0.1) is 0 Å². The van der Waals surface area contributed by atoms with Crippen LogP contribution in [-0.2, 0) is 0 Å². The Balaban J connectivity index is 2.71. The van der Waals surface area contributed by atoms with Gasteiger partial charge in [-0.2, -0.15) is 0 Å². The third-order valence-electron chi connectivity index (χ3n) is 2.73.